The largest absolute Gasteiger partial charge is 0.598 e. The molecule has 1 saturated heterocycles. The van der Waals surface area contributed by atoms with Crippen molar-refractivity contribution in [3.8, 4) is 0 Å². The Morgan fingerprint density at radius 3 is 2.33 bits per heavy atom. The summed E-state index contributed by atoms with van der Waals surface area (Å²) < 4.78 is 42.2. The van der Waals surface area contributed by atoms with Gasteiger partial charge in [0.05, 0.1) is 6.61 Å². The van der Waals surface area contributed by atoms with Gasteiger partial charge in [0.25, 0.3) is 0 Å². The zero-order valence-corrected chi connectivity index (χ0v) is 11.3. The molecule has 0 aromatic rings. The summed E-state index contributed by atoms with van der Waals surface area (Å²) in [7, 11) is 0. The fraction of sp³-hybridized carbons (Fsp3) is 1.00. The molecule has 0 aromatic carbocycles. The SMILES string of the molecule is [O-][S+](CC1CCC1)N1CCC(COC(F)F)CC1. The van der Waals surface area contributed by atoms with E-state index in [9.17, 15) is 13.3 Å². The van der Waals surface area contributed by atoms with Crippen molar-refractivity contribution in [2.75, 3.05) is 25.4 Å². The molecule has 6 heteroatoms. The van der Waals surface area contributed by atoms with E-state index in [2.05, 4.69) is 4.74 Å². The van der Waals surface area contributed by atoms with Crippen molar-refractivity contribution in [1.82, 2.24) is 4.31 Å². The van der Waals surface area contributed by atoms with Gasteiger partial charge in [-0.3, -0.25) is 0 Å². The van der Waals surface area contributed by atoms with Gasteiger partial charge in [0, 0.05) is 30.4 Å². The highest BCUT2D eigenvalue weighted by molar-refractivity contribution is 7.89. The summed E-state index contributed by atoms with van der Waals surface area (Å²) in [4.78, 5) is 0. The minimum atomic E-state index is -2.67. The Hall–Kier alpha value is 0.0900. The number of hydrogen-bond acceptors (Lipinski definition) is 3. The van der Waals surface area contributed by atoms with Crippen LogP contribution in [0.1, 0.15) is 32.1 Å². The fourth-order valence-corrected chi connectivity index (χ4v) is 4.02. The molecule has 2 aliphatic rings. The molecule has 0 amide bonds. The lowest BCUT2D eigenvalue weighted by Crippen LogP contribution is -2.42. The highest BCUT2D eigenvalue weighted by atomic mass is 32.2. The maximum Gasteiger partial charge on any atom is 0.345 e. The molecule has 1 heterocycles. The molecule has 1 unspecified atom stereocenters. The average Bonchev–Trinajstić information content (AvgIpc) is 2.31. The minimum absolute atomic E-state index is 0.126. The smallest absolute Gasteiger partial charge is 0.345 e. The lowest BCUT2D eigenvalue weighted by Gasteiger charge is -2.34. The molecular formula is C12H21F2NO2S. The first kappa shape index (κ1) is 14.5. The number of piperidine rings is 1. The van der Waals surface area contributed by atoms with Gasteiger partial charge >= 0.3 is 6.61 Å². The van der Waals surface area contributed by atoms with Crippen LogP contribution in [-0.2, 0) is 16.1 Å². The Bertz CT molecular complexity index is 246. The molecule has 0 radical (unpaired) electrons. The van der Waals surface area contributed by atoms with Crippen LogP contribution in [0.2, 0.25) is 0 Å². The highest BCUT2D eigenvalue weighted by Crippen LogP contribution is 2.29. The summed E-state index contributed by atoms with van der Waals surface area (Å²) in [5.74, 6) is 1.62. The van der Waals surface area contributed by atoms with E-state index in [0.717, 1.165) is 31.7 Å². The van der Waals surface area contributed by atoms with Gasteiger partial charge in [0.15, 0.2) is 0 Å². The molecule has 0 spiro atoms. The monoisotopic (exact) mass is 281 g/mol. The molecule has 1 saturated carbocycles. The number of halogens is 2. The molecule has 1 atom stereocenters. The predicted molar refractivity (Wildman–Crippen MR) is 66.6 cm³/mol. The Labute approximate surface area is 110 Å². The van der Waals surface area contributed by atoms with Crippen molar-refractivity contribution in [1.29, 1.82) is 0 Å². The van der Waals surface area contributed by atoms with E-state index in [1.807, 2.05) is 4.31 Å². The standard InChI is InChI=1S/C12H21F2NO2S/c13-12(14)17-8-10-4-6-15(7-5-10)18(16)9-11-2-1-3-11/h10-12H,1-9H2. The van der Waals surface area contributed by atoms with Crippen molar-refractivity contribution < 1.29 is 18.1 Å². The quantitative estimate of drug-likeness (QED) is 0.701. The number of rotatable bonds is 6. The number of ether oxygens (including phenoxy) is 1. The average molecular weight is 281 g/mol. The molecule has 1 aliphatic carbocycles. The van der Waals surface area contributed by atoms with Gasteiger partial charge in [0.2, 0.25) is 0 Å². The van der Waals surface area contributed by atoms with E-state index < -0.39 is 18.0 Å². The second-order valence-electron chi connectivity index (χ2n) is 5.25. The normalized spacial score (nSPS) is 25.3. The van der Waals surface area contributed by atoms with E-state index in [0.29, 0.717) is 5.92 Å². The van der Waals surface area contributed by atoms with Crippen molar-refractivity contribution in [3.05, 3.63) is 0 Å². The topological polar surface area (TPSA) is 35.5 Å². The van der Waals surface area contributed by atoms with E-state index in [4.69, 9.17) is 0 Å². The van der Waals surface area contributed by atoms with E-state index in [-0.39, 0.29) is 12.5 Å². The van der Waals surface area contributed by atoms with Gasteiger partial charge in [-0.25, -0.2) is 0 Å². The van der Waals surface area contributed by atoms with E-state index in [1.165, 1.54) is 19.3 Å². The van der Waals surface area contributed by atoms with Gasteiger partial charge in [-0.15, -0.1) is 4.31 Å². The fourth-order valence-electron chi connectivity index (χ4n) is 2.45. The third-order valence-corrected chi connectivity index (χ3v) is 5.62. The van der Waals surface area contributed by atoms with Gasteiger partial charge in [-0.2, -0.15) is 8.78 Å². The predicted octanol–water partition coefficient (Wildman–Crippen LogP) is 2.40. The number of alkyl halides is 2. The van der Waals surface area contributed by atoms with Crippen LogP contribution in [0.5, 0.6) is 0 Å². The second-order valence-corrected chi connectivity index (χ2v) is 6.74. The maximum absolute atomic E-state index is 12.1. The van der Waals surface area contributed by atoms with Gasteiger partial charge in [-0.1, -0.05) is 6.42 Å². The van der Waals surface area contributed by atoms with E-state index in [1.54, 1.807) is 0 Å². The van der Waals surface area contributed by atoms with Crippen LogP contribution in [0.25, 0.3) is 0 Å². The van der Waals surface area contributed by atoms with Crippen LogP contribution >= 0.6 is 0 Å². The molecular weight excluding hydrogens is 260 g/mol. The maximum atomic E-state index is 12.1. The summed E-state index contributed by atoms with van der Waals surface area (Å²) >= 11 is -0.868. The molecule has 0 bridgehead atoms. The summed E-state index contributed by atoms with van der Waals surface area (Å²) in [5.41, 5.74) is 0. The van der Waals surface area contributed by atoms with Gasteiger partial charge < -0.3 is 9.29 Å². The molecule has 3 nitrogen and oxygen atoms in total. The second kappa shape index (κ2) is 7.03. The summed E-state index contributed by atoms with van der Waals surface area (Å²) in [6.07, 6.45) is 5.32. The Morgan fingerprint density at radius 1 is 1.17 bits per heavy atom. The van der Waals surface area contributed by atoms with Crippen molar-refractivity contribution >= 4 is 11.4 Å². The summed E-state index contributed by atoms with van der Waals surface area (Å²) in [6.45, 7) is -1.05. The molecule has 106 valence electrons. The number of hydrogen-bond donors (Lipinski definition) is 0. The molecule has 2 rings (SSSR count). The van der Waals surface area contributed by atoms with Crippen LogP contribution in [0, 0.1) is 11.8 Å². The summed E-state index contributed by atoms with van der Waals surface area (Å²) in [5, 5.41) is 0. The highest BCUT2D eigenvalue weighted by Gasteiger charge is 2.31. The minimum Gasteiger partial charge on any atom is -0.598 e. The lowest BCUT2D eigenvalue weighted by atomic mass is 9.87. The zero-order chi connectivity index (χ0) is 13.0. The van der Waals surface area contributed by atoms with Gasteiger partial charge in [0.1, 0.15) is 5.75 Å². The molecule has 1 aliphatic heterocycles. The Kier molecular flexibility index (Phi) is 5.66. The first-order valence-corrected chi connectivity index (χ1v) is 7.96. The van der Waals surface area contributed by atoms with Crippen molar-refractivity contribution in [2.45, 2.75) is 38.7 Å². The number of nitrogens with zero attached hydrogens (tertiary/aromatic N) is 1. The van der Waals surface area contributed by atoms with E-state index >= 15 is 0 Å². The third-order valence-electron chi connectivity index (χ3n) is 3.92. The van der Waals surface area contributed by atoms with Crippen molar-refractivity contribution in [2.24, 2.45) is 11.8 Å². The van der Waals surface area contributed by atoms with Crippen LogP contribution in [0.15, 0.2) is 0 Å². The van der Waals surface area contributed by atoms with Crippen LogP contribution in [-0.4, -0.2) is 40.9 Å². The summed E-state index contributed by atoms with van der Waals surface area (Å²) in [6, 6.07) is 0. The Morgan fingerprint density at radius 2 is 1.83 bits per heavy atom. The molecule has 18 heavy (non-hydrogen) atoms. The van der Waals surface area contributed by atoms with Crippen LogP contribution < -0.4 is 0 Å². The zero-order valence-electron chi connectivity index (χ0n) is 10.5. The molecule has 0 N–H and O–H groups in total. The van der Waals surface area contributed by atoms with Crippen LogP contribution in [0.3, 0.4) is 0 Å². The third kappa shape index (κ3) is 4.33. The lowest BCUT2D eigenvalue weighted by molar-refractivity contribution is -0.140. The first-order chi connectivity index (χ1) is 8.65. The Balaban J connectivity index is 1.62. The molecule has 0 aromatic heterocycles. The van der Waals surface area contributed by atoms with Gasteiger partial charge in [-0.05, 0) is 31.6 Å². The van der Waals surface area contributed by atoms with Crippen LogP contribution in [0.4, 0.5) is 8.78 Å². The first-order valence-electron chi connectivity index (χ1n) is 6.68. The van der Waals surface area contributed by atoms with Crippen molar-refractivity contribution in [3.63, 3.8) is 0 Å². The molecule has 2 fully saturated rings.